The molecule has 0 atom stereocenters. The number of carbonyl (C=O) groups excluding carboxylic acids is 1. The molecule has 1 aromatic carbocycles. The van der Waals surface area contributed by atoms with Gasteiger partial charge in [-0.3, -0.25) is 4.79 Å². The second-order valence-corrected chi connectivity index (χ2v) is 4.18. The van der Waals surface area contributed by atoms with Crippen LogP contribution >= 0.6 is 23.8 Å². The van der Waals surface area contributed by atoms with E-state index < -0.39 is 0 Å². The predicted molar refractivity (Wildman–Crippen MR) is 72.5 cm³/mol. The van der Waals surface area contributed by atoms with Crippen molar-refractivity contribution < 1.29 is 9.53 Å². The maximum absolute atomic E-state index is 10.9. The molecular weight excluding hydrogens is 260 g/mol. The minimum atomic E-state index is -0.275. The van der Waals surface area contributed by atoms with Crippen molar-refractivity contribution in [2.75, 3.05) is 19.0 Å². The molecule has 0 aromatic heterocycles. The summed E-state index contributed by atoms with van der Waals surface area (Å²) in [7, 11) is 1.35. The Kier molecular flexibility index (Phi) is 5.18. The molecule has 0 heterocycles. The van der Waals surface area contributed by atoms with Gasteiger partial charge in [-0.2, -0.15) is 0 Å². The monoisotopic (exact) mass is 272 g/mol. The number of esters is 1. The van der Waals surface area contributed by atoms with Gasteiger partial charge in [-0.05, 0) is 18.2 Å². The number of anilines is 1. The van der Waals surface area contributed by atoms with E-state index in [-0.39, 0.29) is 17.4 Å². The molecule has 0 bridgehead atoms. The number of nitrogens with two attached hydrogens (primary N) is 1. The minimum Gasteiger partial charge on any atom is -0.469 e. The first-order chi connectivity index (χ1) is 8.04. The molecule has 92 valence electrons. The highest BCUT2D eigenvalue weighted by atomic mass is 35.5. The summed E-state index contributed by atoms with van der Waals surface area (Å²) in [5.74, 6) is -0.275. The molecule has 0 saturated heterocycles. The summed E-state index contributed by atoms with van der Waals surface area (Å²) in [4.78, 5) is 11.2. The Balaban J connectivity index is 2.70. The number of hydrogen-bond donors (Lipinski definition) is 2. The minimum absolute atomic E-state index is 0.257. The second-order valence-electron chi connectivity index (χ2n) is 3.31. The summed E-state index contributed by atoms with van der Waals surface area (Å²) in [5.41, 5.74) is 7.00. The number of nitrogens with one attached hydrogen (secondary N) is 1. The average Bonchev–Trinajstić information content (AvgIpc) is 2.30. The van der Waals surface area contributed by atoms with E-state index in [0.29, 0.717) is 17.1 Å². The first-order valence-corrected chi connectivity index (χ1v) is 5.73. The Morgan fingerprint density at radius 3 is 2.88 bits per heavy atom. The number of benzene rings is 1. The zero-order chi connectivity index (χ0) is 12.8. The maximum atomic E-state index is 10.9. The van der Waals surface area contributed by atoms with Crippen LogP contribution in [-0.2, 0) is 9.53 Å². The van der Waals surface area contributed by atoms with Crippen molar-refractivity contribution in [1.29, 1.82) is 0 Å². The van der Waals surface area contributed by atoms with Crippen LogP contribution in [-0.4, -0.2) is 24.6 Å². The Morgan fingerprint density at radius 2 is 2.29 bits per heavy atom. The van der Waals surface area contributed by atoms with Gasteiger partial charge >= 0.3 is 5.97 Å². The molecule has 0 unspecified atom stereocenters. The molecule has 0 fully saturated rings. The van der Waals surface area contributed by atoms with Crippen LogP contribution in [0.5, 0.6) is 0 Å². The van der Waals surface area contributed by atoms with Crippen LogP contribution in [0.25, 0.3) is 0 Å². The van der Waals surface area contributed by atoms with Crippen LogP contribution in [0.2, 0.25) is 5.02 Å². The molecule has 0 aliphatic rings. The summed E-state index contributed by atoms with van der Waals surface area (Å²) in [6, 6.07) is 5.18. The fourth-order valence-electron chi connectivity index (χ4n) is 1.28. The number of halogens is 1. The van der Waals surface area contributed by atoms with E-state index in [0.717, 1.165) is 5.69 Å². The standard InChI is InChI=1S/C11H13ClN2O2S/c1-16-10(15)4-5-14-9-3-2-7(12)6-8(9)11(13)17/h2-3,6,14H,4-5H2,1H3,(H2,13,17). The SMILES string of the molecule is COC(=O)CCNc1ccc(Cl)cc1C(N)=S. The molecule has 3 N–H and O–H groups in total. The lowest BCUT2D eigenvalue weighted by Crippen LogP contribution is -2.15. The maximum Gasteiger partial charge on any atom is 0.307 e. The molecule has 0 radical (unpaired) electrons. The summed E-state index contributed by atoms with van der Waals surface area (Å²) in [5, 5.41) is 3.62. The highest BCUT2D eigenvalue weighted by Crippen LogP contribution is 2.20. The third-order valence-corrected chi connectivity index (χ3v) is 2.57. The largest absolute Gasteiger partial charge is 0.469 e. The van der Waals surface area contributed by atoms with Crippen LogP contribution in [0, 0.1) is 0 Å². The summed E-state index contributed by atoms with van der Waals surface area (Å²) < 4.78 is 4.53. The number of carbonyl (C=O) groups is 1. The van der Waals surface area contributed by atoms with E-state index >= 15 is 0 Å². The van der Waals surface area contributed by atoms with Crippen LogP contribution < -0.4 is 11.1 Å². The van der Waals surface area contributed by atoms with E-state index in [1.54, 1.807) is 18.2 Å². The van der Waals surface area contributed by atoms with E-state index in [4.69, 9.17) is 29.6 Å². The van der Waals surface area contributed by atoms with Crippen LogP contribution in [0.4, 0.5) is 5.69 Å². The first-order valence-electron chi connectivity index (χ1n) is 4.94. The van der Waals surface area contributed by atoms with Crippen molar-refractivity contribution in [2.24, 2.45) is 5.73 Å². The fourth-order valence-corrected chi connectivity index (χ4v) is 1.62. The topological polar surface area (TPSA) is 64.3 Å². The van der Waals surface area contributed by atoms with Crippen molar-refractivity contribution in [3.63, 3.8) is 0 Å². The lowest BCUT2D eigenvalue weighted by molar-refractivity contribution is -0.140. The van der Waals surface area contributed by atoms with Gasteiger partial charge in [0.25, 0.3) is 0 Å². The molecular formula is C11H13ClN2O2S. The van der Waals surface area contributed by atoms with Crippen molar-refractivity contribution >= 4 is 40.5 Å². The molecule has 0 amide bonds. The number of rotatable bonds is 5. The van der Waals surface area contributed by atoms with Crippen molar-refractivity contribution in [1.82, 2.24) is 0 Å². The van der Waals surface area contributed by atoms with Crippen LogP contribution in [0.1, 0.15) is 12.0 Å². The smallest absolute Gasteiger partial charge is 0.307 e. The molecule has 6 heteroatoms. The van der Waals surface area contributed by atoms with Gasteiger partial charge in [0.05, 0.1) is 13.5 Å². The van der Waals surface area contributed by atoms with E-state index in [2.05, 4.69) is 10.1 Å². The van der Waals surface area contributed by atoms with Gasteiger partial charge in [0.1, 0.15) is 4.99 Å². The molecule has 0 aliphatic heterocycles. The number of methoxy groups -OCH3 is 1. The Morgan fingerprint density at radius 1 is 1.59 bits per heavy atom. The zero-order valence-corrected chi connectivity index (χ0v) is 10.9. The third kappa shape index (κ3) is 4.20. The second kappa shape index (κ2) is 6.42. The molecule has 17 heavy (non-hydrogen) atoms. The van der Waals surface area contributed by atoms with Gasteiger partial charge < -0.3 is 15.8 Å². The molecule has 0 aliphatic carbocycles. The quantitative estimate of drug-likeness (QED) is 0.634. The lowest BCUT2D eigenvalue weighted by atomic mass is 10.1. The van der Waals surface area contributed by atoms with Gasteiger partial charge in [-0.15, -0.1) is 0 Å². The highest BCUT2D eigenvalue weighted by molar-refractivity contribution is 7.80. The van der Waals surface area contributed by atoms with Crippen LogP contribution in [0.15, 0.2) is 18.2 Å². The highest BCUT2D eigenvalue weighted by Gasteiger charge is 2.06. The van der Waals surface area contributed by atoms with Crippen molar-refractivity contribution in [3.8, 4) is 0 Å². The van der Waals surface area contributed by atoms with E-state index in [1.807, 2.05) is 0 Å². The van der Waals surface area contributed by atoms with Crippen molar-refractivity contribution in [2.45, 2.75) is 6.42 Å². The fraction of sp³-hybridized carbons (Fsp3) is 0.273. The van der Waals surface area contributed by atoms with Gasteiger partial charge in [0, 0.05) is 22.8 Å². The molecule has 1 rings (SSSR count). The van der Waals surface area contributed by atoms with E-state index in [9.17, 15) is 4.79 Å². The number of ether oxygens (including phenoxy) is 1. The summed E-state index contributed by atoms with van der Waals surface area (Å²) >= 11 is 10.8. The first kappa shape index (κ1) is 13.7. The Labute approximate surface area is 110 Å². The average molecular weight is 273 g/mol. The van der Waals surface area contributed by atoms with Gasteiger partial charge in [0.15, 0.2) is 0 Å². The predicted octanol–water partition coefficient (Wildman–Crippen LogP) is 1.95. The third-order valence-electron chi connectivity index (χ3n) is 2.12. The van der Waals surface area contributed by atoms with E-state index in [1.165, 1.54) is 7.11 Å². The molecule has 4 nitrogen and oxygen atoms in total. The van der Waals surface area contributed by atoms with Crippen LogP contribution in [0.3, 0.4) is 0 Å². The summed E-state index contributed by atoms with van der Waals surface area (Å²) in [6.07, 6.45) is 0.274. The Hall–Kier alpha value is -1.33. The van der Waals surface area contributed by atoms with Gasteiger partial charge in [0.2, 0.25) is 0 Å². The molecule has 1 aromatic rings. The number of hydrogen-bond acceptors (Lipinski definition) is 4. The van der Waals surface area contributed by atoms with Gasteiger partial charge in [-0.1, -0.05) is 23.8 Å². The van der Waals surface area contributed by atoms with Gasteiger partial charge in [-0.25, -0.2) is 0 Å². The number of thiocarbonyl (C=S) groups is 1. The zero-order valence-electron chi connectivity index (χ0n) is 9.33. The molecule has 0 saturated carbocycles. The molecule has 0 spiro atoms. The Bertz CT molecular complexity index is 437. The lowest BCUT2D eigenvalue weighted by Gasteiger charge is -2.11. The van der Waals surface area contributed by atoms with Crippen molar-refractivity contribution in [3.05, 3.63) is 28.8 Å². The normalized spacial score (nSPS) is 9.76. The summed E-state index contributed by atoms with van der Waals surface area (Å²) in [6.45, 7) is 0.448.